The van der Waals surface area contributed by atoms with E-state index in [9.17, 15) is 9.59 Å². The van der Waals surface area contributed by atoms with Gasteiger partial charge in [-0.05, 0) is 31.5 Å². The number of hydrogen-bond donors (Lipinski definition) is 2. The van der Waals surface area contributed by atoms with Gasteiger partial charge in [0.05, 0.1) is 10.7 Å². The molecule has 1 aromatic carbocycles. The highest BCUT2D eigenvalue weighted by Crippen LogP contribution is 2.21. The van der Waals surface area contributed by atoms with Crippen LogP contribution in [-0.4, -0.2) is 52.9 Å². The van der Waals surface area contributed by atoms with Crippen molar-refractivity contribution in [1.82, 2.24) is 14.8 Å². The second-order valence-electron chi connectivity index (χ2n) is 6.76. The van der Waals surface area contributed by atoms with Gasteiger partial charge in [-0.2, -0.15) is 0 Å². The first-order valence-electron chi connectivity index (χ1n) is 8.98. The molecule has 3 rings (SSSR count). The number of aryl methyl sites for hydroxylation is 2. The largest absolute Gasteiger partial charge is 0.326 e. The highest BCUT2D eigenvalue weighted by molar-refractivity contribution is 7.09. The molecule has 0 aliphatic carbocycles. The average Bonchev–Trinajstić information content (AvgIpc) is 3.03. The van der Waals surface area contributed by atoms with Crippen molar-refractivity contribution in [2.45, 2.75) is 27.3 Å². The molecular formula is C19H25N5O2S. The molecule has 0 radical (unpaired) electrons. The SMILES string of the molecule is CC(=O)Nc1cc(NC(=O)N2CCN(Cc3csc(C)n3)CC2)ccc1C. The Bertz CT molecular complexity index is 827. The summed E-state index contributed by atoms with van der Waals surface area (Å²) in [6, 6.07) is 5.40. The van der Waals surface area contributed by atoms with E-state index in [1.165, 1.54) is 6.92 Å². The Balaban J connectivity index is 1.53. The fourth-order valence-electron chi connectivity index (χ4n) is 3.05. The molecule has 1 aliphatic heterocycles. The molecule has 2 N–H and O–H groups in total. The summed E-state index contributed by atoms with van der Waals surface area (Å²) in [7, 11) is 0. The molecule has 27 heavy (non-hydrogen) atoms. The maximum absolute atomic E-state index is 12.6. The van der Waals surface area contributed by atoms with Crippen LogP contribution >= 0.6 is 11.3 Å². The summed E-state index contributed by atoms with van der Waals surface area (Å²) in [5.41, 5.74) is 3.44. The molecule has 0 spiro atoms. The van der Waals surface area contributed by atoms with E-state index >= 15 is 0 Å². The first-order valence-corrected chi connectivity index (χ1v) is 9.86. The number of piperazine rings is 1. The van der Waals surface area contributed by atoms with Crippen molar-refractivity contribution in [2.24, 2.45) is 0 Å². The van der Waals surface area contributed by atoms with E-state index in [4.69, 9.17) is 0 Å². The lowest BCUT2D eigenvalue weighted by Gasteiger charge is -2.34. The first-order chi connectivity index (χ1) is 12.9. The maximum atomic E-state index is 12.6. The van der Waals surface area contributed by atoms with Gasteiger partial charge in [0.15, 0.2) is 0 Å². The first kappa shape index (κ1) is 19.3. The number of urea groups is 1. The molecule has 0 atom stereocenters. The standard InChI is InChI=1S/C19H25N5O2S/c1-13-4-5-16(10-18(13)20-14(2)25)22-19(26)24-8-6-23(7-9-24)11-17-12-27-15(3)21-17/h4-5,10,12H,6-9,11H2,1-3H3,(H,20,25)(H,22,26). The Morgan fingerprint density at radius 3 is 2.52 bits per heavy atom. The monoisotopic (exact) mass is 387 g/mol. The highest BCUT2D eigenvalue weighted by Gasteiger charge is 2.21. The van der Waals surface area contributed by atoms with Crippen molar-refractivity contribution in [3.8, 4) is 0 Å². The lowest BCUT2D eigenvalue weighted by Crippen LogP contribution is -2.49. The van der Waals surface area contributed by atoms with Gasteiger partial charge in [0.25, 0.3) is 0 Å². The molecule has 1 aromatic heterocycles. The number of nitrogens with one attached hydrogen (secondary N) is 2. The van der Waals surface area contributed by atoms with Crippen LogP contribution in [0.4, 0.5) is 16.2 Å². The number of aromatic nitrogens is 1. The van der Waals surface area contributed by atoms with Crippen LogP contribution < -0.4 is 10.6 Å². The van der Waals surface area contributed by atoms with Crippen molar-refractivity contribution in [3.63, 3.8) is 0 Å². The van der Waals surface area contributed by atoms with Crippen molar-refractivity contribution in [1.29, 1.82) is 0 Å². The number of rotatable bonds is 4. The third-order valence-corrected chi connectivity index (χ3v) is 5.33. The number of anilines is 2. The summed E-state index contributed by atoms with van der Waals surface area (Å²) >= 11 is 1.67. The van der Waals surface area contributed by atoms with E-state index < -0.39 is 0 Å². The Labute approximate surface area is 163 Å². The number of carbonyl (C=O) groups excluding carboxylic acids is 2. The van der Waals surface area contributed by atoms with Gasteiger partial charge in [0, 0.05) is 56.4 Å². The van der Waals surface area contributed by atoms with Crippen molar-refractivity contribution >= 4 is 34.6 Å². The smallest absolute Gasteiger partial charge is 0.321 e. The molecule has 0 bridgehead atoms. The van der Waals surface area contributed by atoms with Crippen LogP contribution in [0.3, 0.4) is 0 Å². The van der Waals surface area contributed by atoms with Crippen LogP contribution in [0.15, 0.2) is 23.6 Å². The zero-order chi connectivity index (χ0) is 19.4. The molecule has 0 saturated carbocycles. The van der Waals surface area contributed by atoms with Crippen molar-refractivity contribution in [2.75, 3.05) is 36.8 Å². The number of amides is 3. The second-order valence-corrected chi connectivity index (χ2v) is 7.82. The number of hydrogen-bond acceptors (Lipinski definition) is 5. The van der Waals surface area contributed by atoms with Gasteiger partial charge in [-0.25, -0.2) is 9.78 Å². The molecule has 0 unspecified atom stereocenters. The molecule has 2 aromatic rings. The molecule has 8 heteroatoms. The minimum atomic E-state index is -0.131. The highest BCUT2D eigenvalue weighted by atomic mass is 32.1. The molecule has 1 saturated heterocycles. The van der Waals surface area contributed by atoms with Crippen molar-refractivity contribution < 1.29 is 9.59 Å². The Hall–Kier alpha value is -2.45. The zero-order valence-corrected chi connectivity index (χ0v) is 16.7. The second kappa shape index (κ2) is 8.49. The fourth-order valence-corrected chi connectivity index (χ4v) is 3.65. The lowest BCUT2D eigenvalue weighted by molar-refractivity contribution is -0.114. The van der Waals surface area contributed by atoms with Crippen LogP contribution in [0.5, 0.6) is 0 Å². The van der Waals surface area contributed by atoms with Crippen LogP contribution in [0, 0.1) is 13.8 Å². The average molecular weight is 388 g/mol. The Morgan fingerprint density at radius 1 is 1.15 bits per heavy atom. The zero-order valence-electron chi connectivity index (χ0n) is 15.9. The van der Waals surface area contributed by atoms with Gasteiger partial charge in [-0.3, -0.25) is 9.69 Å². The predicted molar refractivity (Wildman–Crippen MR) is 108 cm³/mol. The summed E-state index contributed by atoms with van der Waals surface area (Å²) in [5, 5.41) is 8.89. The number of carbonyl (C=O) groups is 2. The molecule has 1 aliphatic rings. The minimum Gasteiger partial charge on any atom is -0.326 e. The predicted octanol–water partition coefficient (Wildman–Crippen LogP) is 3.07. The maximum Gasteiger partial charge on any atom is 0.321 e. The van der Waals surface area contributed by atoms with Crippen LogP contribution in [0.2, 0.25) is 0 Å². The molecule has 2 heterocycles. The minimum absolute atomic E-state index is 0.114. The Kier molecular flexibility index (Phi) is 6.08. The van der Waals surface area contributed by atoms with E-state index in [1.54, 1.807) is 17.4 Å². The number of nitrogens with zero attached hydrogens (tertiary/aromatic N) is 3. The summed E-state index contributed by atoms with van der Waals surface area (Å²) in [4.78, 5) is 32.5. The van der Waals surface area contributed by atoms with Crippen LogP contribution in [0.1, 0.15) is 23.2 Å². The Morgan fingerprint density at radius 2 is 1.89 bits per heavy atom. The van der Waals surface area contributed by atoms with E-state index in [-0.39, 0.29) is 11.9 Å². The fraction of sp³-hybridized carbons (Fsp3) is 0.421. The topological polar surface area (TPSA) is 77.6 Å². The molecule has 144 valence electrons. The summed E-state index contributed by atoms with van der Waals surface area (Å²) in [6.45, 7) is 9.25. The molecule has 1 fully saturated rings. The molecule has 3 amide bonds. The van der Waals surface area contributed by atoms with E-state index in [1.807, 2.05) is 30.9 Å². The van der Waals surface area contributed by atoms with E-state index in [2.05, 4.69) is 25.9 Å². The molecular weight excluding hydrogens is 362 g/mol. The molecule has 7 nitrogen and oxygen atoms in total. The number of thiazole rings is 1. The van der Waals surface area contributed by atoms with Gasteiger partial charge in [-0.1, -0.05) is 6.07 Å². The van der Waals surface area contributed by atoms with Crippen LogP contribution in [0.25, 0.3) is 0 Å². The van der Waals surface area contributed by atoms with Crippen molar-refractivity contribution in [3.05, 3.63) is 39.8 Å². The lowest BCUT2D eigenvalue weighted by atomic mass is 10.2. The summed E-state index contributed by atoms with van der Waals surface area (Å²) in [5.74, 6) is -0.131. The van der Waals surface area contributed by atoms with Gasteiger partial charge in [0.1, 0.15) is 0 Å². The normalized spacial score (nSPS) is 14.9. The van der Waals surface area contributed by atoms with Gasteiger partial charge in [-0.15, -0.1) is 11.3 Å². The van der Waals surface area contributed by atoms with Crippen LogP contribution in [-0.2, 0) is 11.3 Å². The van der Waals surface area contributed by atoms with Gasteiger partial charge in [0.2, 0.25) is 5.91 Å². The quantitative estimate of drug-likeness (QED) is 0.845. The van der Waals surface area contributed by atoms with Gasteiger partial charge < -0.3 is 15.5 Å². The summed E-state index contributed by atoms with van der Waals surface area (Å²) < 4.78 is 0. The third-order valence-electron chi connectivity index (χ3n) is 4.51. The summed E-state index contributed by atoms with van der Waals surface area (Å²) in [6.07, 6.45) is 0. The third kappa shape index (κ3) is 5.27. The number of benzene rings is 1. The van der Waals surface area contributed by atoms with E-state index in [0.717, 1.165) is 35.9 Å². The van der Waals surface area contributed by atoms with Gasteiger partial charge >= 0.3 is 6.03 Å². The van der Waals surface area contributed by atoms with E-state index in [0.29, 0.717) is 24.5 Å².